The van der Waals surface area contributed by atoms with E-state index in [1.165, 1.54) is 0 Å². The molecule has 0 spiro atoms. The molecule has 0 radical (unpaired) electrons. The molecule has 2 heterocycles. The third-order valence-electron chi connectivity index (χ3n) is 2.89. The first kappa shape index (κ1) is 13.5. The Hall–Kier alpha value is -1.97. The molecule has 0 aromatic carbocycles. The maximum Gasteiger partial charge on any atom is 0.330 e. The summed E-state index contributed by atoms with van der Waals surface area (Å²) in [6, 6.07) is 0. The van der Waals surface area contributed by atoms with Crippen LogP contribution in [-0.2, 0) is 4.74 Å². The van der Waals surface area contributed by atoms with E-state index >= 15 is 0 Å². The van der Waals surface area contributed by atoms with Crippen molar-refractivity contribution in [2.75, 3.05) is 6.61 Å². The minimum Gasteiger partial charge on any atom is -0.411 e. The number of hydrogen-bond donors (Lipinski definition) is 4. The Morgan fingerprint density at radius 1 is 1.58 bits per heavy atom. The first-order valence-electron chi connectivity index (χ1n) is 5.54. The van der Waals surface area contributed by atoms with Gasteiger partial charge in [-0.05, 0) is 0 Å². The predicted molar refractivity (Wildman–Crippen MR) is 62.3 cm³/mol. The average Bonchev–Trinajstić information content (AvgIpc) is 2.74. The summed E-state index contributed by atoms with van der Waals surface area (Å²) < 4.78 is 6.36. The van der Waals surface area contributed by atoms with Crippen molar-refractivity contribution >= 4 is 6.21 Å². The van der Waals surface area contributed by atoms with E-state index in [-0.39, 0.29) is 18.6 Å². The van der Waals surface area contributed by atoms with Crippen LogP contribution in [0.15, 0.2) is 20.9 Å². The Morgan fingerprint density at radius 3 is 2.89 bits per heavy atom. The van der Waals surface area contributed by atoms with E-state index in [0.717, 1.165) is 17.0 Å². The van der Waals surface area contributed by atoms with Gasteiger partial charge in [-0.25, -0.2) is 4.79 Å². The molecule has 0 saturated carbocycles. The van der Waals surface area contributed by atoms with E-state index in [1.54, 1.807) is 0 Å². The number of ether oxygens (including phenoxy) is 1. The monoisotopic (exact) mass is 271 g/mol. The number of aliphatic hydroxyl groups is 2. The Kier molecular flexibility index (Phi) is 3.79. The molecule has 19 heavy (non-hydrogen) atoms. The van der Waals surface area contributed by atoms with Gasteiger partial charge in [0, 0.05) is 12.6 Å². The Bertz CT molecular complexity index is 592. The highest BCUT2D eigenvalue weighted by Gasteiger charge is 2.35. The highest BCUT2D eigenvalue weighted by Crippen LogP contribution is 2.27. The molecule has 1 saturated heterocycles. The van der Waals surface area contributed by atoms with Crippen LogP contribution in [0.5, 0.6) is 0 Å². The lowest BCUT2D eigenvalue weighted by Crippen LogP contribution is -2.34. The largest absolute Gasteiger partial charge is 0.411 e. The summed E-state index contributed by atoms with van der Waals surface area (Å²) in [4.78, 5) is 25.1. The molecule has 0 unspecified atom stereocenters. The van der Waals surface area contributed by atoms with Crippen molar-refractivity contribution in [2.24, 2.45) is 5.16 Å². The molecule has 0 aliphatic carbocycles. The van der Waals surface area contributed by atoms with Gasteiger partial charge in [0.15, 0.2) is 0 Å². The number of hydrogen-bond acceptors (Lipinski definition) is 7. The number of oxime groups is 1. The van der Waals surface area contributed by atoms with Crippen LogP contribution in [0, 0.1) is 0 Å². The van der Waals surface area contributed by atoms with E-state index < -0.39 is 29.7 Å². The van der Waals surface area contributed by atoms with Gasteiger partial charge in [0.05, 0.1) is 24.5 Å². The fraction of sp³-hybridized carbons (Fsp3) is 0.500. The van der Waals surface area contributed by atoms with Crippen molar-refractivity contribution in [3.63, 3.8) is 0 Å². The van der Waals surface area contributed by atoms with Gasteiger partial charge in [0.2, 0.25) is 0 Å². The number of aromatic nitrogens is 2. The Balaban J connectivity index is 2.38. The Labute approximate surface area is 106 Å². The zero-order chi connectivity index (χ0) is 14.0. The van der Waals surface area contributed by atoms with Gasteiger partial charge in [0.25, 0.3) is 5.56 Å². The third kappa shape index (κ3) is 2.57. The van der Waals surface area contributed by atoms with Crippen LogP contribution < -0.4 is 11.2 Å². The minimum atomic E-state index is -0.899. The molecular formula is C10H13N3O6. The molecule has 0 bridgehead atoms. The molecule has 4 N–H and O–H groups in total. The van der Waals surface area contributed by atoms with Crippen molar-refractivity contribution in [2.45, 2.75) is 24.9 Å². The average molecular weight is 271 g/mol. The topological polar surface area (TPSA) is 137 Å². The van der Waals surface area contributed by atoms with Crippen LogP contribution in [0.4, 0.5) is 0 Å². The fourth-order valence-corrected chi connectivity index (χ4v) is 1.92. The number of aromatic amines is 1. The van der Waals surface area contributed by atoms with Gasteiger partial charge < -0.3 is 20.2 Å². The second-order valence-electron chi connectivity index (χ2n) is 4.11. The fourth-order valence-electron chi connectivity index (χ4n) is 1.92. The van der Waals surface area contributed by atoms with E-state index in [2.05, 4.69) is 5.16 Å². The van der Waals surface area contributed by atoms with Gasteiger partial charge in [-0.1, -0.05) is 5.16 Å². The summed E-state index contributed by atoms with van der Waals surface area (Å²) in [5.41, 5.74) is -1.44. The lowest BCUT2D eigenvalue weighted by Gasteiger charge is -2.14. The molecular weight excluding hydrogens is 258 g/mol. The predicted octanol–water partition coefficient (Wildman–Crippen LogP) is -2.01. The van der Waals surface area contributed by atoms with Gasteiger partial charge in [-0.15, -0.1) is 0 Å². The SMILES string of the molecule is O=c1[nH]c(=O)n([C@H]2C[C@H](O)[C@@H](CO)O2)cc1C=NO. The van der Waals surface area contributed by atoms with Crippen molar-refractivity contribution < 1.29 is 20.2 Å². The van der Waals surface area contributed by atoms with E-state index in [9.17, 15) is 14.7 Å². The van der Waals surface area contributed by atoms with Crippen molar-refractivity contribution in [1.82, 2.24) is 9.55 Å². The zero-order valence-electron chi connectivity index (χ0n) is 9.76. The third-order valence-corrected chi connectivity index (χ3v) is 2.89. The molecule has 1 aromatic rings. The first-order chi connectivity index (χ1) is 9.06. The number of rotatable bonds is 3. The zero-order valence-corrected chi connectivity index (χ0v) is 9.76. The number of aliphatic hydroxyl groups excluding tert-OH is 2. The summed E-state index contributed by atoms with van der Waals surface area (Å²) in [6.07, 6.45) is -0.334. The first-order valence-corrected chi connectivity index (χ1v) is 5.54. The highest BCUT2D eigenvalue weighted by molar-refractivity contribution is 5.77. The minimum absolute atomic E-state index is 0.0346. The molecule has 9 nitrogen and oxygen atoms in total. The Morgan fingerprint density at radius 2 is 2.32 bits per heavy atom. The molecule has 104 valence electrons. The van der Waals surface area contributed by atoms with Gasteiger partial charge >= 0.3 is 5.69 Å². The van der Waals surface area contributed by atoms with Gasteiger partial charge in [-0.2, -0.15) is 0 Å². The molecule has 3 atom stereocenters. The van der Waals surface area contributed by atoms with E-state index in [0.29, 0.717) is 0 Å². The maximum absolute atomic E-state index is 11.7. The number of H-pyrrole nitrogens is 1. The molecule has 1 aromatic heterocycles. The summed E-state index contributed by atoms with van der Waals surface area (Å²) >= 11 is 0. The van der Waals surface area contributed by atoms with Crippen LogP contribution in [0.3, 0.4) is 0 Å². The quantitative estimate of drug-likeness (QED) is 0.284. The number of nitrogens with one attached hydrogen (secondary N) is 1. The van der Waals surface area contributed by atoms with Crippen LogP contribution >= 0.6 is 0 Å². The van der Waals surface area contributed by atoms with Crippen LogP contribution in [0.2, 0.25) is 0 Å². The van der Waals surface area contributed by atoms with E-state index in [4.69, 9.17) is 15.1 Å². The lowest BCUT2D eigenvalue weighted by atomic mass is 10.2. The van der Waals surface area contributed by atoms with Gasteiger partial charge in [-0.3, -0.25) is 14.3 Å². The van der Waals surface area contributed by atoms with Crippen LogP contribution in [-0.4, -0.2) is 50.0 Å². The maximum atomic E-state index is 11.7. The summed E-state index contributed by atoms with van der Waals surface area (Å²) in [5.74, 6) is 0. The molecule has 1 fully saturated rings. The van der Waals surface area contributed by atoms with E-state index in [1.807, 2.05) is 4.98 Å². The smallest absolute Gasteiger partial charge is 0.330 e. The summed E-state index contributed by atoms with van der Waals surface area (Å²) in [6.45, 7) is -0.374. The lowest BCUT2D eigenvalue weighted by molar-refractivity contribution is -0.0459. The second-order valence-corrected chi connectivity index (χ2v) is 4.11. The number of nitrogens with zero attached hydrogens (tertiary/aromatic N) is 2. The second kappa shape index (κ2) is 5.34. The molecule has 1 aliphatic rings. The molecule has 0 amide bonds. The standard InChI is InChI=1S/C10H13N3O6/c14-4-7-6(15)1-8(19-7)13-3-5(2-11-18)9(16)12-10(13)17/h2-3,6-8,14-15,18H,1,4H2,(H,12,16,17)/t6-,7+,8+/m0/s1. The van der Waals surface area contributed by atoms with Crippen molar-refractivity contribution in [1.29, 1.82) is 0 Å². The normalized spacial score (nSPS) is 27.2. The van der Waals surface area contributed by atoms with Crippen molar-refractivity contribution in [3.8, 4) is 0 Å². The molecule has 2 rings (SSSR count). The van der Waals surface area contributed by atoms with Crippen LogP contribution in [0.25, 0.3) is 0 Å². The van der Waals surface area contributed by atoms with Crippen molar-refractivity contribution in [3.05, 3.63) is 32.6 Å². The molecule has 1 aliphatic heterocycles. The van der Waals surface area contributed by atoms with Crippen LogP contribution in [0.1, 0.15) is 18.2 Å². The highest BCUT2D eigenvalue weighted by atomic mass is 16.5. The van der Waals surface area contributed by atoms with Gasteiger partial charge in [0.1, 0.15) is 12.3 Å². The summed E-state index contributed by atoms with van der Waals surface area (Å²) in [5, 5.41) is 29.7. The summed E-state index contributed by atoms with van der Waals surface area (Å²) in [7, 11) is 0. The molecule has 9 heteroatoms.